The Morgan fingerprint density at radius 2 is 2.12 bits per heavy atom. The second-order valence-corrected chi connectivity index (χ2v) is 3.43. The average Bonchev–Trinajstić information content (AvgIpc) is 2.36. The summed E-state index contributed by atoms with van der Waals surface area (Å²) in [6, 6.07) is 5.84. The van der Waals surface area contributed by atoms with Gasteiger partial charge in [0.15, 0.2) is 5.84 Å². The van der Waals surface area contributed by atoms with E-state index in [2.05, 4.69) is 10.1 Å². The molecule has 2 rings (SSSR count). The highest BCUT2D eigenvalue weighted by atomic mass is 19.3. The molecule has 17 heavy (non-hydrogen) atoms. The molecule has 0 atom stereocenters. The minimum atomic E-state index is -2.57. The molecule has 0 bridgehead atoms. The van der Waals surface area contributed by atoms with Gasteiger partial charge in [-0.1, -0.05) is 17.3 Å². The van der Waals surface area contributed by atoms with Crippen LogP contribution in [0.1, 0.15) is 17.7 Å². The third-order valence-corrected chi connectivity index (χ3v) is 2.39. The molecule has 0 aliphatic heterocycles. The van der Waals surface area contributed by atoms with Crippen molar-refractivity contribution in [3.05, 3.63) is 41.7 Å². The fourth-order valence-electron chi connectivity index (χ4n) is 1.57. The number of benzene rings is 1. The molecule has 0 unspecified atom stereocenters. The van der Waals surface area contributed by atoms with E-state index < -0.39 is 6.43 Å². The molecule has 4 nitrogen and oxygen atoms in total. The van der Waals surface area contributed by atoms with Crippen LogP contribution in [0.5, 0.6) is 0 Å². The Kier molecular flexibility index (Phi) is 2.86. The van der Waals surface area contributed by atoms with E-state index in [-0.39, 0.29) is 17.1 Å². The summed E-state index contributed by atoms with van der Waals surface area (Å²) in [5, 5.41) is 12.6. The summed E-state index contributed by atoms with van der Waals surface area (Å²) in [4.78, 5) is 3.92. The van der Waals surface area contributed by atoms with Crippen LogP contribution in [0.25, 0.3) is 10.8 Å². The lowest BCUT2D eigenvalue weighted by atomic mass is 10.1. The number of pyridine rings is 1. The van der Waals surface area contributed by atoms with E-state index in [0.717, 1.165) is 0 Å². The van der Waals surface area contributed by atoms with Crippen molar-refractivity contribution in [2.75, 3.05) is 0 Å². The maximum absolute atomic E-state index is 12.6. The topological polar surface area (TPSA) is 71.5 Å². The van der Waals surface area contributed by atoms with E-state index >= 15 is 0 Å². The summed E-state index contributed by atoms with van der Waals surface area (Å²) in [5.74, 6) is -0.206. The van der Waals surface area contributed by atoms with E-state index in [1.165, 1.54) is 18.3 Å². The van der Waals surface area contributed by atoms with Crippen LogP contribution in [0, 0.1) is 0 Å². The van der Waals surface area contributed by atoms with Gasteiger partial charge in [0.1, 0.15) is 5.69 Å². The van der Waals surface area contributed by atoms with Gasteiger partial charge in [-0.15, -0.1) is 0 Å². The molecule has 0 saturated heterocycles. The van der Waals surface area contributed by atoms with Crippen molar-refractivity contribution in [1.82, 2.24) is 4.98 Å². The van der Waals surface area contributed by atoms with Crippen LogP contribution in [0.15, 0.2) is 35.6 Å². The molecule has 1 heterocycles. The number of nitrogens with zero attached hydrogens (tertiary/aromatic N) is 2. The van der Waals surface area contributed by atoms with E-state index in [4.69, 9.17) is 10.9 Å². The third kappa shape index (κ3) is 2.01. The summed E-state index contributed by atoms with van der Waals surface area (Å²) in [7, 11) is 0. The van der Waals surface area contributed by atoms with E-state index in [1.807, 2.05) is 0 Å². The van der Waals surface area contributed by atoms with Crippen LogP contribution in [0.4, 0.5) is 8.78 Å². The van der Waals surface area contributed by atoms with Gasteiger partial charge in [-0.2, -0.15) is 0 Å². The maximum atomic E-state index is 12.6. The Morgan fingerprint density at radius 1 is 1.35 bits per heavy atom. The van der Waals surface area contributed by atoms with Crippen molar-refractivity contribution in [2.45, 2.75) is 6.43 Å². The molecule has 0 radical (unpaired) electrons. The van der Waals surface area contributed by atoms with E-state index in [1.54, 1.807) is 12.1 Å². The number of aromatic nitrogens is 1. The van der Waals surface area contributed by atoms with Crippen LogP contribution in [0.2, 0.25) is 0 Å². The van der Waals surface area contributed by atoms with Gasteiger partial charge in [0.25, 0.3) is 6.43 Å². The Morgan fingerprint density at radius 3 is 2.76 bits per heavy atom. The summed E-state index contributed by atoms with van der Waals surface area (Å²) >= 11 is 0. The first-order chi connectivity index (χ1) is 8.13. The molecular formula is C11H9F2N3O. The predicted molar refractivity (Wildman–Crippen MR) is 59.2 cm³/mol. The zero-order valence-corrected chi connectivity index (χ0v) is 8.64. The standard InChI is InChI=1S/C11H9F2N3O/c12-10(13)7-2-1-6-3-4-15-9(8(6)5-7)11(14)16-17/h1-5,10,17H,(H2,14,16). The lowest BCUT2D eigenvalue weighted by Gasteiger charge is -2.06. The fraction of sp³-hybridized carbons (Fsp3) is 0.0909. The normalized spacial score (nSPS) is 12.3. The van der Waals surface area contributed by atoms with Gasteiger partial charge in [-0.05, 0) is 17.5 Å². The van der Waals surface area contributed by atoms with Crippen molar-refractivity contribution < 1.29 is 14.0 Å². The molecule has 0 saturated carbocycles. The van der Waals surface area contributed by atoms with E-state index in [0.29, 0.717) is 10.8 Å². The van der Waals surface area contributed by atoms with Crippen LogP contribution in [0.3, 0.4) is 0 Å². The van der Waals surface area contributed by atoms with Gasteiger partial charge in [0.05, 0.1) is 0 Å². The number of halogens is 2. The zero-order chi connectivity index (χ0) is 12.4. The van der Waals surface area contributed by atoms with Crippen molar-refractivity contribution >= 4 is 16.6 Å². The van der Waals surface area contributed by atoms with Gasteiger partial charge in [-0.25, -0.2) is 8.78 Å². The van der Waals surface area contributed by atoms with Crippen LogP contribution >= 0.6 is 0 Å². The molecule has 0 amide bonds. The van der Waals surface area contributed by atoms with Gasteiger partial charge >= 0.3 is 0 Å². The minimum absolute atomic E-state index is 0.127. The molecule has 1 aromatic heterocycles. The second-order valence-electron chi connectivity index (χ2n) is 3.43. The van der Waals surface area contributed by atoms with Crippen molar-refractivity contribution in [3.63, 3.8) is 0 Å². The Bertz CT molecular complexity index is 584. The number of rotatable bonds is 2. The van der Waals surface area contributed by atoms with Crippen molar-refractivity contribution in [1.29, 1.82) is 0 Å². The van der Waals surface area contributed by atoms with Crippen molar-refractivity contribution in [3.8, 4) is 0 Å². The summed E-state index contributed by atoms with van der Waals surface area (Å²) in [5.41, 5.74) is 5.50. The summed E-state index contributed by atoms with van der Waals surface area (Å²) in [6.45, 7) is 0. The average molecular weight is 237 g/mol. The highest BCUT2D eigenvalue weighted by Gasteiger charge is 2.11. The molecule has 0 aliphatic rings. The summed E-state index contributed by atoms with van der Waals surface area (Å²) in [6.07, 6.45) is -1.10. The molecule has 6 heteroatoms. The second kappa shape index (κ2) is 4.32. The lowest BCUT2D eigenvalue weighted by Crippen LogP contribution is -2.15. The van der Waals surface area contributed by atoms with E-state index in [9.17, 15) is 8.78 Å². The third-order valence-electron chi connectivity index (χ3n) is 2.39. The molecule has 2 aromatic rings. The first-order valence-corrected chi connectivity index (χ1v) is 4.78. The maximum Gasteiger partial charge on any atom is 0.263 e. The molecule has 0 aliphatic carbocycles. The number of amidine groups is 1. The number of fused-ring (bicyclic) bond motifs is 1. The van der Waals surface area contributed by atoms with Gasteiger partial charge in [0.2, 0.25) is 0 Å². The first kappa shape index (κ1) is 11.3. The highest BCUT2D eigenvalue weighted by Crippen LogP contribution is 2.24. The molecule has 0 spiro atoms. The molecule has 0 fully saturated rings. The van der Waals surface area contributed by atoms with Gasteiger partial charge in [0, 0.05) is 17.1 Å². The number of nitrogens with two attached hydrogens (primary N) is 1. The van der Waals surface area contributed by atoms with Crippen molar-refractivity contribution in [2.24, 2.45) is 10.9 Å². The van der Waals surface area contributed by atoms with Crippen LogP contribution in [-0.4, -0.2) is 16.0 Å². The fourth-order valence-corrected chi connectivity index (χ4v) is 1.57. The largest absolute Gasteiger partial charge is 0.409 e. The predicted octanol–water partition coefficient (Wildman–Crippen LogP) is 2.27. The molecular weight excluding hydrogens is 228 g/mol. The first-order valence-electron chi connectivity index (χ1n) is 4.78. The highest BCUT2D eigenvalue weighted by molar-refractivity contribution is 6.07. The number of alkyl halides is 2. The number of hydrogen-bond donors (Lipinski definition) is 2. The SMILES string of the molecule is N/C(=N/O)c1nccc2ccc(C(F)F)cc12. The molecule has 1 aromatic carbocycles. The Balaban J connectivity index is 2.72. The van der Waals surface area contributed by atoms with Crippen LogP contribution < -0.4 is 5.73 Å². The number of oxime groups is 1. The van der Waals surface area contributed by atoms with Gasteiger partial charge < -0.3 is 10.9 Å². The zero-order valence-electron chi connectivity index (χ0n) is 8.64. The molecule has 88 valence electrons. The number of hydrogen-bond acceptors (Lipinski definition) is 3. The molecule has 3 N–H and O–H groups in total. The monoisotopic (exact) mass is 237 g/mol. The van der Waals surface area contributed by atoms with Gasteiger partial charge in [-0.3, -0.25) is 4.98 Å². The minimum Gasteiger partial charge on any atom is -0.409 e. The Labute approximate surface area is 95.4 Å². The Hall–Kier alpha value is -2.24. The smallest absolute Gasteiger partial charge is 0.263 e. The lowest BCUT2D eigenvalue weighted by molar-refractivity contribution is 0.151. The quantitative estimate of drug-likeness (QED) is 0.364. The van der Waals surface area contributed by atoms with Crippen LogP contribution in [-0.2, 0) is 0 Å². The summed E-state index contributed by atoms with van der Waals surface area (Å²) < 4.78 is 25.2.